The number of aromatic nitrogens is 3. The van der Waals surface area contributed by atoms with E-state index in [1.54, 1.807) is 6.20 Å². The molecular weight excluding hydrogens is 366 g/mol. The van der Waals surface area contributed by atoms with Crippen LogP contribution in [-0.4, -0.2) is 21.7 Å². The molecule has 1 aromatic heterocycles. The Morgan fingerprint density at radius 1 is 1.17 bits per heavy atom. The lowest BCUT2D eigenvalue weighted by Gasteiger charge is -2.17. The summed E-state index contributed by atoms with van der Waals surface area (Å²) in [7, 11) is 0. The number of anilines is 4. The van der Waals surface area contributed by atoms with E-state index in [1.807, 2.05) is 12.1 Å². The van der Waals surface area contributed by atoms with E-state index in [2.05, 4.69) is 78.6 Å². The number of aryl methyl sites for hydroxylation is 1. The Kier molecular flexibility index (Phi) is 3.90. The van der Waals surface area contributed by atoms with E-state index in [0.29, 0.717) is 11.8 Å². The lowest BCUT2D eigenvalue weighted by molar-refractivity contribution is 0.887. The lowest BCUT2D eigenvalue weighted by atomic mass is 10.2. The average molecular weight is 382 g/mol. The number of fused-ring (bicyclic) bond motifs is 1. The van der Waals surface area contributed by atoms with Crippen molar-refractivity contribution >= 4 is 39.1 Å². The minimum Gasteiger partial charge on any atom is -0.338 e. The van der Waals surface area contributed by atoms with Crippen LogP contribution in [0.25, 0.3) is 0 Å². The van der Waals surface area contributed by atoms with Gasteiger partial charge in [0.2, 0.25) is 0 Å². The van der Waals surface area contributed by atoms with Gasteiger partial charge in [-0.05, 0) is 58.6 Å². The number of nitrogens with zero attached hydrogens (tertiary/aromatic N) is 4. The molecule has 0 atom stereocenters. The summed E-state index contributed by atoms with van der Waals surface area (Å²) in [5, 5.41) is 11.6. The molecule has 0 amide bonds. The van der Waals surface area contributed by atoms with Crippen LogP contribution in [0.4, 0.5) is 23.1 Å². The number of para-hydroxylation sites is 1. The van der Waals surface area contributed by atoms with E-state index < -0.39 is 0 Å². The van der Waals surface area contributed by atoms with Gasteiger partial charge in [0.25, 0.3) is 5.95 Å². The second-order valence-electron chi connectivity index (χ2n) is 5.78. The molecule has 0 radical (unpaired) electrons. The molecule has 1 aliphatic heterocycles. The summed E-state index contributed by atoms with van der Waals surface area (Å²) in [5.74, 6) is 1.29. The number of benzene rings is 2. The summed E-state index contributed by atoms with van der Waals surface area (Å²) < 4.78 is 0.995. The molecule has 0 bridgehead atoms. The van der Waals surface area contributed by atoms with Crippen LogP contribution in [0, 0.1) is 6.92 Å². The van der Waals surface area contributed by atoms with Crippen LogP contribution in [0.2, 0.25) is 0 Å². The summed E-state index contributed by atoms with van der Waals surface area (Å²) in [6.45, 7) is 2.93. The molecule has 0 spiro atoms. The highest BCUT2D eigenvalue weighted by atomic mass is 79.9. The van der Waals surface area contributed by atoms with Crippen molar-refractivity contribution in [2.24, 2.45) is 0 Å². The van der Waals surface area contributed by atoms with Crippen LogP contribution < -0.4 is 10.2 Å². The quantitative estimate of drug-likeness (QED) is 0.729. The number of halogens is 1. The summed E-state index contributed by atoms with van der Waals surface area (Å²) in [6, 6.07) is 14.5. The molecule has 0 saturated heterocycles. The maximum Gasteiger partial charge on any atom is 0.251 e. The molecule has 5 nitrogen and oxygen atoms in total. The van der Waals surface area contributed by atoms with Gasteiger partial charge in [-0.2, -0.15) is 10.1 Å². The van der Waals surface area contributed by atoms with Crippen LogP contribution in [0.5, 0.6) is 0 Å². The highest BCUT2D eigenvalue weighted by Gasteiger charge is 2.22. The first kappa shape index (κ1) is 15.1. The third kappa shape index (κ3) is 2.85. The highest BCUT2D eigenvalue weighted by molar-refractivity contribution is 9.10. The van der Waals surface area contributed by atoms with Crippen LogP contribution in [0.15, 0.2) is 53.1 Å². The molecular formula is C18H16BrN5. The van der Waals surface area contributed by atoms with Crippen molar-refractivity contribution in [3.8, 4) is 0 Å². The number of rotatable bonds is 3. The molecule has 24 heavy (non-hydrogen) atoms. The maximum absolute atomic E-state index is 4.63. The fraction of sp³-hybridized carbons (Fsp3) is 0.167. The van der Waals surface area contributed by atoms with Crippen LogP contribution >= 0.6 is 15.9 Å². The Hall–Kier alpha value is -2.47. The molecule has 2 aromatic carbocycles. The molecule has 0 unspecified atom stereocenters. The third-order valence-corrected chi connectivity index (χ3v) is 4.72. The predicted molar refractivity (Wildman–Crippen MR) is 99.1 cm³/mol. The monoisotopic (exact) mass is 381 g/mol. The molecule has 0 aliphatic carbocycles. The summed E-state index contributed by atoms with van der Waals surface area (Å²) in [5.41, 5.74) is 4.63. The van der Waals surface area contributed by atoms with Crippen molar-refractivity contribution in [3.63, 3.8) is 0 Å². The van der Waals surface area contributed by atoms with Gasteiger partial charge in [0, 0.05) is 16.7 Å². The minimum atomic E-state index is 0.619. The van der Waals surface area contributed by atoms with E-state index in [-0.39, 0.29) is 0 Å². The van der Waals surface area contributed by atoms with E-state index >= 15 is 0 Å². The third-order valence-electron chi connectivity index (χ3n) is 4.06. The number of hydrogen-bond acceptors (Lipinski definition) is 5. The Labute approximate surface area is 148 Å². The zero-order valence-electron chi connectivity index (χ0n) is 13.2. The molecule has 4 rings (SSSR count). The van der Waals surface area contributed by atoms with E-state index in [4.69, 9.17) is 0 Å². The lowest BCUT2D eigenvalue weighted by Crippen LogP contribution is -2.17. The second kappa shape index (κ2) is 6.20. The molecule has 6 heteroatoms. The van der Waals surface area contributed by atoms with Crippen LogP contribution in [-0.2, 0) is 6.42 Å². The summed E-state index contributed by atoms with van der Waals surface area (Å²) in [4.78, 5) is 6.74. The Morgan fingerprint density at radius 3 is 2.92 bits per heavy atom. The smallest absolute Gasteiger partial charge is 0.251 e. The van der Waals surface area contributed by atoms with Crippen LogP contribution in [0.1, 0.15) is 11.1 Å². The Bertz CT molecular complexity index is 896. The zero-order valence-corrected chi connectivity index (χ0v) is 14.8. The van der Waals surface area contributed by atoms with Crippen molar-refractivity contribution in [2.75, 3.05) is 16.8 Å². The van der Waals surface area contributed by atoms with Crippen molar-refractivity contribution < 1.29 is 0 Å². The summed E-state index contributed by atoms with van der Waals surface area (Å²) in [6.07, 6.45) is 2.64. The topological polar surface area (TPSA) is 53.9 Å². The van der Waals surface area contributed by atoms with Crippen molar-refractivity contribution in [1.82, 2.24) is 15.2 Å². The van der Waals surface area contributed by atoms with Crippen LogP contribution in [0.3, 0.4) is 0 Å². The second-order valence-corrected chi connectivity index (χ2v) is 6.63. The molecule has 1 N–H and O–H groups in total. The fourth-order valence-corrected chi connectivity index (χ4v) is 3.47. The Balaban J connectivity index is 1.63. The molecule has 0 fully saturated rings. The van der Waals surface area contributed by atoms with E-state index in [0.717, 1.165) is 28.8 Å². The molecule has 3 aromatic rings. The minimum absolute atomic E-state index is 0.619. The fourth-order valence-electron chi connectivity index (χ4n) is 2.87. The molecule has 2 heterocycles. The van der Waals surface area contributed by atoms with Crippen molar-refractivity contribution in [2.45, 2.75) is 13.3 Å². The van der Waals surface area contributed by atoms with Gasteiger partial charge >= 0.3 is 0 Å². The maximum atomic E-state index is 4.63. The molecule has 0 saturated carbocycles. The largest absolute Gasteiger partial charge is 0.338 e. The Morgan fingerprint density at radius 2 is 2.04 bits per heavy atom. The van der Waals surface area contributed by atoms with Gasteiger partial charge < -0.3 is 10.2 Å². The van der Waals surface area contributed by atoms with Gasteiger partial charge in [0.1, 0.15) is 0 Å². The normalized spacial score (nSPS) is 13.0. The highest BCUT2D eigenvalue weighted by Crippen LogP contribution is 2.32. The zero-order chi connectivity index (χ0) is 16.5. The molecule has 1 aliphatic rings. The summed E-state index contributed by atoms with van der Waals surface area (Å²) >= 11 is 3.57. The SMILES string of the molecule is Cc1ccc(Nc2cnnc(N3CCc4ccccc43)n2)c(Br)c1. The van der Waals surface area contributed by atoms with Gasteiger partial charge in [0.05, 0.1) is 11.9 Å². The first-order chi connectivity index (χ1) is 11.7. The standard InChI is InChI=1S/C18H16BrN5/c1-12-6-7-15(14(19)10-12)21-17-11-20-23-18(22-17)24-9-8-13-4-2-3-5-16(13)24/h2-7,10-11H,8-9H2,1H3,(H,21,22,23). The molecule has 120 valence electrons. The number of hydrogen-bond donors (Lipinski definition) is 1. The van der Waals surface area contributed by atoms with Crippen molar-refractivity contribution in [1.29, 1.82) is 0 Å². The predicted octanol–water partition coefficient (Wildman–Crippen LogP) is 4.38. The van der Waals surface area contributed by atoms with Crippen molar-refractivity contribution in [3.05, 3.63) is 64.3 Å². The van der Waals surface area contributed by atoms with Gasteiger partial charge in [-0.15, -0.1) is 5.10 Å². The number of nitrogens with one attached hydrogen (secondary N) is 1. The van der Waals surface area contributed by atoms with Gasteiger partial charge in [-0.3, -0.25) is 0 Å². The van der Waals surface area contributed by atoms with Gasteiger partial charge in [-0.1, -0.05) is 24.3 Å². The van der Waals surface area contributed by atoms with E-state index in [9.17, 15) is 0 Å². The first-order valence-corrected chi connectivity index (χ1v) is 8.58. The first-order valence-electron chi connectivity index (χ1n) is 7.79. The van der Waals surface area contributed by atoms with E-state index in [1.165, 1.54) is 11.1 Å². The average Bonchev–Trinajstić information content (AvgIpc) is 3.02. The van der Waals surface area contributed by atoms with Gasteiger partial charge in [0.15, 0.2) is 5.82 Å². The van der Waals surface area contributed by atoms with Gasteiger partial charge in [-0.25, -0.2) is 0 Å².